The van der Waals surface area contributed by atoms with Crippen LogP contribution in [0.2, 0.25) is 5.02 Å². The molecule has 0 radical (unpaired) electrons. The van der Waals surface area contributed by atoms with Crippen LogP contribution in [0.4, 0.5) is 11.4 Å². The fraction of sp³-hybridized carbons (Fsp3) is 0.148. The van der Waals surface area contributed by atoms with Crippen molar-refractivity contribution in [3.8, 4) is 6.07 Å². The van der Waals surface area contributed by atoms with Gasteiger partial charge in [-0.2, -0.15) is 5.26 Å². The minimum Gasteiger partial charge on any atom is -0.403 e. The molecule has 0 saturated heterocycles. The summed E-state index contributed by atoms with van der Waals surface area (Å²) < 4.78 is 0. The van der Waals surface area contributed by atoms with Gasteiger partial charge in [0.05, 0.1) is 39.6 Å². The molecule has 0 fully saturated rings. The quantitative estimate of drug-likeness (QED) is 0.224. The van der Waals surface area contributed by atoms with Crippen LogP contribution < -0.4 is 22.1 Å². The van der Waals surface area contributed by atoms with Crippen LogP contribution in [0.15, 0.2) is 85.1 Å². The Labute approximate surface area is 214 Å². The molecular weight excluding hydrogens is 474 g/mol. The van der Waals surface area contributed by atoms with Crippen LogP contribution in [0.1, 0.15) is 35.2 Å². The predicted octanol–water partition coefficient (Wildman–Crippen LogP) is 4.60. The van der Waals surface area contributed by atoms with Gasteiger partial charge in [0.15, 0.2) is 0 Å². The molecule has 182 valence electrons. The molecule has 8 nitrogen and oxygen atoms in total. The zero-order valence-electron chi connectivity index (χ0n) is 19.4. The van der Waals surface area contributed by atoms with Crippen LogP contribution in [-0.4, -0.2) is 21.7 Å². The van der Waals surface area contributed by atoms with Gasteiger partial charge < -0.3 is 27.2 Å². The first-order valence-electron chi connectivity index (χ1n) is 11.3. The summed E-state index contributed by atoms with van der Waals surface area (Å²) in [5, 5.41) is 27.5. The highest BCUT2D eigenvalue weighted by Gasteiger charge is 2.20. The molecular formula is C27H26ClN7O. The number of aliphatic hydroxyl groups excluding tert-OH is 1. The Morgan fingerprint density at radius 3 is 2.56 bits per heavy atom. The highest BCUT2D eigenvalue weighted by molar-refractivity contribution is 6.35. The molecule has 2 aromatic heterocycles. The van der Waals surface area contributed by atoms with Crippen molar-refractivity contribution in [3.05, 3.63) is 107 Å². The van der Waals surface area contributed by atoms with Crippen molar-refractivity contribution in [2.45, 2.75) is 18.5 Å². The van der Waals surface area contributed by atoms with Crippen molar-refractivity contribution in [2.75, 3.05) is 17.2 Å². The number of hydrogen-bond acceptors (Lipinski definition) is 8. The number of fused-ring (bicyclic) bond motifs is 1. The van der Waals surface area contributed by atoms with Gasteiger partial charge in [0, 0.05) is 42.5 Å². The molecule has 2 heterocycles. The van der Waals surface area contributed by atoms with Gasteiger partial charge in [-0.15, -0.1) is 0 Å². The van der Waals surface area contributed by atoms with Crippen molar-refractivity contribution in [1.29, 1.82) is 5.26 Å². The average molecular weight is 500 g/mol. The number of nitrogens with two attached hydrogens (primary N) is 2. The fourth-order valence-corrected chi connectivity index (χ4v) is 4.33. The minimum absolute atomic E-state index is 0.0253. The number of nitrogens with zero attached hydrogens (tertiary/aromatic N) is 3. The van der Waals surface area contributed by atoms with Crippen LogP contribution in [0, 0.1) is 11.3 Å². The van der Waals surface area contributed by atoms with E-state index in [4.69, 9.17) is 23.1 Å². The van der Waals surface area contributed by atoms with E-state index in [0.29, 0.717) is 45.0 Å². The molecule has 7 N–H and O–H groups in total. The van der Waals surface area contributed by atoms with Crippen LogP contribution >= 0.6 is 11.6 Å². The van der Waals surface area contributed by atoms with E-state index in [2.05, 4.69) is 26.7 Å². The first-order chi connectivity index (χ1) is 17.5. The first-order valence-corrected chi connectivity index (χ1v) is 11.7. The molecule has 0 amide bonds. The van der Waals surface area contributed by atoms with E-state index in [1.807, 2.05) is 48.5 Å². The average Bonchev–Trinajstić information content (AvgIpc) is 2.92. The second kappa shape index (κ2) is 11.4. The molecule has 0 aliphatic rings. The Bertz CT molecular complexity index is 1400. The largest absolute Gasteiger partial charge is 0.403 e. The first kappa shape index (κ1) is 24.8. The summed E-state index contributed by atoms with van der Waals surface area (Å²) >= 11 is 6.65. The Hall–Kier alpha value is -4.32. The van der Waals surface area contributed by atoms with Crippen molar-refractivity contribution in [2.24, 2.45) is 11.5 Å². The maximum atomic E-state index is 9.86. The van der Waals surface area contributed by atoms with Gasteiger partial charge >= 0.3 is 0 Å². The van der Waals surface area contributed by atoms with Gasteiger partial charge in [-0.1, -0.05) is 48.0 Å². The normalized spacial score (nSPS) is 13.1. The molecule has 0 unspecified atom stereocenters. The smallest absolute Gasteiger partial charge is 0.103 e. The fourth-order valence-electron chi connectivity index (χ4n) is 4.06. The van der Waals surface area contributed by atoms with Gasteiger partial charge in [-0.05, 0) is 35.7 Å². The summed E-state index contributed by atoms with van der Waals surface area (Å²) in [5.74, 6) is 0. The second-order valence-corrected chi connectivity index (χ2v) is 8.57. The minimum atomic E-state index is -0.452. The number of aromatic nitrogens is 2. The van der Waals surface area contributed by atoms with Crippen LogP contribution in [0.5, 0.6) is 0 Å². The molecule has 4 aromatic rings. The highest BCUT2D eigenvalue weighted by atomic mass is 35.5. The molecule has 36 heavy (non-hydrogen) atoms. The van der Waals surface area contributed by atoms with Gasteiger partial charge in [0.25, 0.3) is 0 Å². The van der Waals surface area contributed by atoms with E-state index in [9.17, 15) is 10.4 Å². The standard InChI is InChI=1S/C27H26ClN7O/c28-22-12-20(34-26(23(31)14-30)18-7-4-9-32-15-18)11-21-25(19(13-29)16-33-27(21)22)35-24(8-10-36)17-5-2-1-3-6-17/h1-7,9,11-12,14-16,24,26,34,36H,8,10,30-31H2,(H,33,35)/b23-14-/t24-,26-/m0/s1. The molecule has 0 aliphatic carbocycles. The molecule has 0 aliphatic heterocycles. The lowest BCUT2D eigenvalue weighted by atomic mass is 10.0. The summed E-state index contributed by atoms with van der Waals surface area (Å²) in [6.45, 7) is -0.0253. The zero-order chi connectivity index (χ0) is 25.5. The summed E-state index contributed by atoms with van der Waals surface area (Å²) in [6, 6.07) is 18.6. The number of halogens is 1. The predicted molar refractivity (Wildman–Crippen MR) is 143 cm³/mol. The number of nitrogens with one attached hydrogen (secondary N) is 2. The third-order valence-corrected chi connectivity index (χ3v) is 6.13. The Morgan fingerprint density at radius 2 is 1.89 bits per heavy atom. The molecule has 0 spiro atoms. The number of rotatable bonds is 9. The Balaban J connectivity index is 1.81. The van der Waals surface area contributed by atoms with E-state index >= 15 is 0 Å². The topological polar surface area (TPSA) is 146 Å². The third kappa shape index (κ3) is 5.33. The summed E-state index contributed by atoms with van der Waals surface area (Å²) in [4.78, 5) is 8.61. The SMILES string of the molecule is N#Cc1cnc2c(Cl)cc(N[C@H](/C(N)=C/N)c3cccnc3)cc2c1N[C@@H](CCO)c1ccccc1. The maximum absolute atomic E-state index is 9.86. The van der Waals surface area contributed by atoms with Gasteiger partial charge in [0.2, 0.25) is 0 Å². The van der Waals surface area contributed by atoms with E-state index in [1.54, 1.807) is 18.5 Å². The molecule has 4 rings (SSSR count). The molecule has 2 atom stereocenters. The van der Waals surface area contributed by atoms with Crippen molar-refractivity contribution >= 4 is 33.9 Å². The number of pyridine rings is 2. The van der Waals surface area contributed by atoms with Gasteiger partial charge in [-0.25, -0.2) is 0 Å². The van der Waals surface area contributed by atoms with E-state index in [-0.39, 0.29) is 12.6 Å². The van der Waals surface area contributed by atoms with Crippen LogP contribution in [-0.2, 0) is 0 Å². The summed E-state index contributed by atoms with van der Waals surface area (Å²) in [6.07, 6.45) is 6.68. The number of anilines is 2. The van der Waals surface area contributed by atoms with Gasteiger partial charge in [-0.3, -0.25) is 9.97 Å². The van der Waals surface area contributed by atoms with Crippen molar-refractivity contribution < 1.29 is 5.11 Å². The lowest BCUT2D eigenvalue weighted by Gasteiger charge is -2.23. The van der Waals surface area contributed by atoms with Crippen molar-refractivity contribution in [3.63, 3.8) is 0 Å². The number of nitriles is 1. The van der Waals surface area contributed by atoms with Gasteiger partial charge in [0.1, 0.15) is 6.07 Å². The monoisotopic (exact) mass is 499 g/mol. The lowest BCUT2D eigenvalue weighted by Crippen LogP contribution is -2.20. The second-order valence-electron chi connectivity index (χ2n) is 8.16. The highest BCUT2D eigenvalue weighted by Crippen LogP contribution is 2.37. The summed E-state index contributed by atoms with van der Waals surface area (Å²) in [5.41, 5.74) is 16.3. The van der Waals surface area contributed by atoms with E-state index in [1.165, 1.54) is 12.4 Å². The van der Waals surface area contributed by atoms with Crippen LogP contribution in [0.3, 0.4) is 0 Å². The van der Waals surface area contributed by atoms with Crippen LogP contribution in [0.25, 0.3) is 10.9 Å². The Kier molecular flexibility index (Phi) is 7.85. The molecule has 0 saturated carbocycles. The number of hydrogen-bond donors (Lipinski definition) is 5. The third-order valence-electron chi connectivity index (χ3n) is 5.84. The number of aliphatic hydroxyl groups is 1. The Morgan fingerprint density at radius 1 is 1.11 bits per heavy atom. The van der Waals surface area contributed by atoms with Crippen molar-refractivity contribution in [1.82, 2.24) is 9.97 Å². The molecule has 2 aromatic carbocycles. The summed E-state index contributed by atoms with van der Waals surface area (Å²) in [7, 11) is 0. The zero-order valence-corrected chi connectivity index (χ0v) is 20.2. The lowest BCUT2D eigenvalue weighted by molar-refractivity contribution is 0.280. The molecule has 9 heteroatoms. The van der Waals surface area contributed by atoms with E-state index in [0.717, 1.165) is 11.1 Å². The molecule has 0 bridgehead atoms. The number of benzene rings is 2. The maximum Gasteiger partial charge on any atom is 0.103 e. The van der Waals surface area contributed by atoms with E-state index < -0.39 is 6.04 Å².